The molecule has 1 aromatic heterocycles. The Morgan fingerprint density at radius 2 is 2.25 bits per heavy atom. The van der Waals surface area contributed by atoms with E-state index in [9.17, 15) is 4.79 Å². The number of carbonyl (C=O) groups excluding carboxylic acids is 1. The molecule has 0 aliphatic heterocycles. The third-order valence-corrected chi connectivity index (χ3v) is 5.25. The summed E-state index contributed by atoms with van der Waals surface area (Å²) in [6.07, 6.45) is 3.68. The van der Waals surface area contributed by atoms with E-state index in [-0.39, 0.29) is 5.91 Å². The lowest BCUT2D eigenvalue weighted by atomic mass is 10.1. The molecule has 3 rings (SSSR count). The normalized spacial score (nSPS) is 13.2. The second-order valence-corrected chi connectivity index (χ2v) is 6.60. The van der Waals surface area contributed by atoms with Crippen LogP contribution in [-0.2, 0) is 18.6 Å². The fraction of sp³-hybridized carbons (Fsp3) is 0.286. The highest BCUT2D eigenvalue weighted by atomic mass is 32.2. The average Bonchev–Trinajstić information content (AvgIpc) is 3.12. The van der Waals surface area contributed by atoms with Gasteiger partial charge in [-0.25, -0.2) is 10.8 Å². The summed E-state index contributed by atoms with van der Waals surface area (Å²) in [5.74, 6) is 5.53. The smallest absolute Gasteiger partial charge is 0.288 e. The van der Waals surface area contributed by atoms with Gasteiger partial charge in [-0.3, -0.25) is 10.2 Å². The first-order chi connectivity index (χ1) is 9.76. The maximum absolute atomic E-state index is 11.3. The van der Waals surface area contributed by atoms with E-state index in [0.29, 0.717) is 5.01 Å². The molecule has 3 N–H and O–H groups in total. The lowest BCUT2D eigenvalue weighted by Crippen LogP contribution is -2.29. The van der Waals surface area contributed by atoms with Crippen LogP contribution in [0.1, 0.15) is 33.0 Å². The first kappa shape index (κ1) is 13.6. The number of rotatable bonds is 4. The number of benzene rings is 1. The first-order valence-corrected chi connectivity index (χ1v) is 8.33. The van der Waals surface area contributed by atoms with Crippen molar-refractivity contribution < 1.29 is 4.79 Å². The Hall–Kier alpha value is -1.37. The van der Waals surface area contributed by atoms with Crippen LogP contribution >= 0.6 is 23.1 Å². The number of carbonyl (C=O) groups is 1. The van der Waals surface area contributed by atoms with Crippen molar-refractivity contribution in [2.24, 2.45) is 5.84 Å². The highest BCUT2D eigenvalue weighted by molar-refractivity contribution is 7.98. The number of nitrogens with one attached hydrogen (secondary N) is 1. The van der Waals surface area contributed by atoms with Gasteiger partial charge < -0.3 is 0 Å². The van der Waals surface area contributed by atoms with Gasteiger partial charge in [-0.1, -0.05) is 6.07 Å². The van der Waals surface area contributed by atoms with Crippen molar-refractivity contribution in [2.75, 3.05) is 0 Å². The Balaban J connectivity index is 1.64. The van der Waals surface area contributed by atoms with Gasteiger partial charge in [0.2, 0.25) is 0 Å². The van der Waals surface area contributed by atoms with Gasteiger partial charge in [0.15, 0.2) is 5.01 Å². The number of thiazole rings is 1. The van der Waals surface area contributed by atoms with Crippen molar-refractivity contribution in [2.45, 2.75) is 29.9 Å². The van der Waals surface area contributed by atoms with E-state index in [2.05, 4.69) is 28.6 Å². The van der Waals surface area contributed by atoms with Crippen LogP contribution in [-0.4, -0.2) is 10.9 Å². The standard InChI is InChI=1S/C14H15N3OS2/c15-17-13(18)14-16-11(8-20-14)7-19-12-5-4-9-2-1-3-10(9)6-12/h4-6,8H,1-3,7,15H2,(H,17,18). The summed E-state index contributed by atoms with van der Waals surface area (Å²) in [5, 5.41) is 2.32. The van der Waals surface area contributed by atoms with Crippen LogP contribution in [0, 0.1) is 0 Å². The average molecular weight is 305 g/mol. The number of hydrogen-bond donors (Lipinski definition) is 2. The Bertz CT molecular complexity index is 639. The van der Waals surface area contributed by atoms with Gasteiger partial charge in [-0.2, -0.15) is 0 Å². The van der Waals surface area contributed by atoms with Gasteiger partial charge in [-0.15, -0.1) is 23.1 Å². The molecule has 0 saturated carbocycles. The minimum Gasteiger partial charge on any atom is -0.288 e. The number of amides is 1. The van der Waals surface area contributed by atoms with Crippen molar-refractivity contribution in [3.63, 3.8) is 0 Å². The fourth-order valence-corrected chi connectivity index (χ4v) is 4.01. The number of nitrogen functional groups attached to an aromatic ring is 1. The van der Waals surface area contributed by atoms with Crippen LogP contribution in [0.3, 0.4) is 0 Å². The van der Waals surface area contributed by atoms with E-state index < -0.39 is 0 Å². The molecule has 0 saturated heterocycles. The Kier molecular flexibility index (Phi) is 4.05. The van der Waals surface area contributed by atoms with Crippen LogP contribution in [0.25, 0.3) is 0 Å². The zero-order valence-corrected chi connectivity index (χ0v) is 12.5. The van der Waals surface area contributed by atoms with Crippen LogP contribution in [0.5, 0.6) is 0 Å². The molecule has 0 atom stereocenters. The fourth-order valence-electron chi connectivity index (χ4n) is 2.33. The molecule has 1 heterocycles. The van der Waals surface area contributed by atoms with Crippen molar-refractivity contribution in [3.8, 4) is 0 Å². The number of nitrogens with two attached hydrogens (primary N) is 1. The second kappa shape index (κ2) is 5.95. The SMILES string of the molecule is NNC(=O)c1nc(CSc2ccc3c(c2)CCC3)cs1. The predicted molar refractivity (Wildman–Crippen MR) is 81.8 cm³/mol. The molecule has 0 spiro atoms. The molecule has 0 unspecified atom stereocenters. The molecule has 1 aliphatic carbocycles. The Morgan fingerprint density at radius 3 is 3.10 bits per heavy atom. The van der Waals surface area contributed by atoms with Crippen molar-refractivity contribution in [3.05, 3.63) is 45.4 Å². The third kappa shape index (κ3) is 2.87. The van der Waals surface area contributed by atoms with Gasteiger partial charge in [0, 0.05) is 16.0 Å². The highest BCUT2D eigenvalue weighted by Crippen LogP contribution is 2.29. The number of thioether (sulfide) groups is 1. The topological polar surface area (TPSA) is 68.0 Å². The number of fused-ring (bicyclic) bond motifs is 1. The lowest BCUT2D eigenvalue weighted by Gasteiger charge is -2.03. The maximum Gasteiger partial charge on any atom is 0.294 e. The first-order valence-electron chi connectivity index (χ1n) is 6.46. The van der Waals surface area contributed by atoms with Crippen molar-refractivity contribution in [1.82, 2.24) is 10.4 Å². The molecule has 2 aromatic rings. The molecule has 0 radical (unpaired) electrons. The van der Waals surface area contributed by atoms with Crippen LogP contribution in [0.4, 0.5) is 0 Å². The summed E-state index contributed by atoms with van der Waals surface area (Å²) in [7, 11) is 0. The molecular formula is C14H15N3OS2. The largest absolute Gasteiger partial charge is 0.294 e. The van der Waals surface area contributed by atoms with E-state index in [1.165, 1.54) is 46.6 Å². The van der Waals surface area contributed by atoms with Crippen LogP contribution in [0.15, 0.2) is 28.5 Å². The molecule has 20 heavy (non-hydrogen) atoms. The summed E-state index contributed by atoms with van der Waals surface area (Å²) >= 11 is 3.07. The number of hydrazine groups is 1. The molecule has 1 aromatic carbocycles. The number of aryl methyl sites for hydroxylation is 2. The molecule has 0 bridgehead atoms. The Morgan fingerprint density at radius 1 is 1.40 bits per heavy atom. The summed E-state index contributed by atoms with van der Waals surface area (Å²) in [6.45, 7) is 0. The number of nitrogens with zero attached hydrogens (tertiary/aromatic N) is 1. The van der Waals surface area contributed by atoms with E-state index in [1.54, 1.807) is 11.8 Å². The van der Waals surface area contributed by atoms with Gasteiger partial charge in [0.25, 0.3) is 5.91 Å². The molecule has 1 amide bonds. The van der Waals surface area contributed by atoms with E-state index in [4.69, 9.17) is 5.84 Å². The molecule has 4 nitrogen and oxygen atoms in total. The Labute approximate surface area is 125 Å². The molecule has 6 heteroatoms. The zero-order chi connectivity index (χ0) is 13.9. The summed E-state index contributed by atoms with van der Waals surface area (Å²) < 4.78 is 0. The monoisotopic (exact) mass is 305 g/mol. The minimum absolute atomic E-state index is 0.330. The van der Waals surface area contributed by atoms with Crippen molar-refractivity contribution >= 4 is 29.0 Å². The number of hydrogen-bond acceptors (Lipinski definition) is 5. The zero-order valence-electron chi connectivity index (χ0n) is 10.9. The maximum atomic E-state index is 11.3. The quantitative estimate of drug-likeness (QED) is 0.394. The highest BCUT2D eigenvalue weighted by Gasteiger charge is 2.12. The number of aromatic nitrogens is 1. The van der Waals surface area contributed by atoms with Crippen LogP contribution < -0.4 is 11.3 Å². The second-order valence-electron chi connectivity index (χ2n) is 4.69. The molecule has 104 valence electrons. The molecule has 1 aliphatic rings. The van der Waals surface area contributed by atoms with Gasteiger partial charge in [0.05, 0.1) is 5.69 Å². The van der Waals surface area contributed by atoms with Gasteiger partial charge in [0.1, 0.15) is 0 Å². The van der Waals surface area contributed by atoms with E-state index in [0.717, 1.165) is 11.4 Å². The third-order valence-electron chi connectivity index (χ3n) is 3.33. The summed E-state index contributed by atoms with van der Waals surface area (Å²) in [4.78, 5) is 16.9. The van der Waals surface area contributed by atoms with Gasteiger partial charge >= 0.3 is 0 Å². The minimum atomic E-state index is -0.330. The van der Waals surface area contributed by atoms with Crippen LogP contribution in [0.2, 0.25) is 0 Å². The summed E-state index contributed by atoms with van der Waals surface area (Å²) in [6, 6.07) is 6.70. The summed E-state index contributed by atoms with van der Waals surface area (Å²) in [5.41, 5.74) is 5.99. The van der Waals surface area contributed by atoms with E-state index >= 15 is 0 Å². The van der Waals surface area contributed by atoms with Gasteiger partial charge in [-0.05, 0) is 42.5 Å². The molecule has 0 fully saturated rings. The predicted octanol–water partition coefficient (Wildman–Crippen LogP) is 2.53. The molecular weight excluding hydrogens is 290 g/mol. The van der Waals surface area contributed by atoms with E-state index in [1.807, 2.05) is 5.38 Å². The lowest BCUT2D eigenvalue weighted by molar-refractivity contribution is 0.0953. The van der Waals surface area contributed by atoms with Crippen molar-refractivity contribution in [1.29, 1.82) is 0 Å².